The number of hydrogen-bond acceptors (Lipinski definition) is 4. The average Bonchev–Trinajstić information content (AvgIpc) is 2.39. The molecule has 21 heavy (non-hydrogen) atoms. The van der Waals surface area contributed by atoms with Gasteiger partial charge in [0, 0.05) is 43.8 Å². The predicted octanol–water partition coefficient (Wildman–Crippen LogP) is 1.76. The minimum absolute atomic E-state index is 0.0914. The highest BCUT2D eigenvalue weighted by atomic mass is 32.2. The van der Waals surface area contributed by atoms with Crippen molar-refractivity contribution in [3.8, 4) is 0 Å². The Morgan fingerprint density at radius 1 is 1.24 bits per heavy atom. The van der Waals surface area contributed by atoms with Gasteiger partial charge in [0.1, 0.15) is 0 Å². The summed E-state index contributed by atoms with van der Waals surface area (Å²) in [6.07, 6.45) is 5.28. The quantitative estimate of drug-likeness (QED) is 0.850. The number of rotatable bonds is 4. The van der Waals surface area contributed by atoms with Gasteiger partial charge in [-0.05, 0) is 30.1 Å². The first-order valence-corrected chi connectivity index (χ1v) is 9.33. The molecule has 5 heteroatoms. The second-order valence-corrected chi connectivity index (χ2v) is 7.93. The zero-order valence-corrected chi connectivity index (χ0v) is 13.3. The molecular formula is C16H23N3OS. The van der Waals surface area contributed by atoms with E-state index < -0.39 is 0 Å². The molecule has 1 saturated carbocycles. The van der Waals surface area contributed by atoms with Gasteiger partial charge in [-0.2, -0.15) is 16.9 Å². The summed E-state index contributed by atoms with van der Waals surface area (Å²) in [5, 5.41) is 4.62. The van der Waals surface area contributed by atoms with Gasteiger partial charge in [-0.3, -0.25) is 4.79 Å². The van der Waals surface area contributed by atoms with Crippen LogP contribution < -0.4 is 5.56 Å². The summed E-state index contributed by atoms with van der Waals surface area (Å²) in [6.45, 7) is 4.38. The van der Waals surface area contributed by atoms with Crippen LogP contribution in [-0.2, 0) is 18.7 Å². The van der Waals surface area contributed by atoms with Crippen molar-refractivity contribution >= 4 is 11.8 Å². The first-order chi connectivity index (χ1) is 10.3. The van der Waals surface area contributed by atoms with E-state index in [-0.39, 0.29) is 5.56 Å². The molecule has 3 aliphatic rings. The van der Waals surface area contributed by atoms with Gasteiger partial charge in [0.05, 0.1) is 12.2 Å². The van der Waals surface area contributed by atoms with E-state index in [0.29, 0.717) is 5.92 Å². The topological polar surface area (TPSA) is 38.1 Å². The lowest BCUT2D eigenvalue weighted by Gasteiger charge is -2.43. The largest absolute Gasteiger partial charge is 0.302 e. The minimum Gasteiger partial charge on any atom is -0.302 e. The molecule has 1 aliphatic carbocycles. The molecule has 0 bridgehead atoms. The van der Waals surface area contributed by atoms with Gasteiger partial charge in [0.15, 0.2) is 0 Å². The maximum absolute atomic E-state index is 12.2. The van der Waals surface area contributed by atoms with Crippen molar-refractivity contribution in [3.05, 3.63) is 27.7 Å². The van der Waals surface area contributed by atoms with Crippen molar-refractivity contribution in [2.45, 2.75) is 38.0 Å². The number of nitrogens with zero attached hydrogens (tertiary/aromatic N) is 3. The fourth-order valence-corrected chi connectivity index (χ4v) is 4.56. The van der Waals surface area contributed by atoms with Gasteiger partial charge in [-0.1, -0.05) is 6.42 Å². The van der Waals surface area contributed by atoms with E-state index in [1.807, 2.05) is 17.8 Å². The fraction of sp³-hybridized carbons (Fsp3) is 0.750. The van der Waals surface area contributed by atoms with Gasteiger partial charge >= 0.3 is 0 Å². The van der Waals surface area contributed by atoms with Crippen LogP contribution in [0.4, 0.5) is 0 Å². The summed E-state index contributed by atoms with van der Waals surface area (Å²) in [6, 6.07) is 1.82. The highest BCUT2D eigenvalue weighted by Crippen LogP contribution is 2.29. The molecule has 0 N–H and O–H groups in total. The van der Waals surface area contributed by atoms with Crippen molar-refractivity contribution < 1.29 is 0 Å². The number of thioether (sulfide) groups is 1. The van der Waals surface area contributed by atoms with E-state index in [1.54, 1.807) is 4.68 Å². The maximum atomic E-state index is 12.2. The van der Waals surface area contributed by atoms with E-state index in [4.69, 9.17) is 0 Å². The van der Waals surface area contributed by atoms with E-state index in [1.165, 1.54) is 25.8 Å². The third kappa shape index (κ3) is 2.90. The third-order valence-corrected chi connectivity index (χ3v) is 6.12. The van der Waals surface area contributed by atoms with Gasteiger partial charge < -0.3 is 4.90 Å². The second-order valence-electron chi connectivity index (χ2n) is 6.82. The number of aryl methyl sites for hydroxylation is 1. The summed E-state index contributed by atoms with van der Waals surface area (Å²) >= 11 is 1.90. The minimum atomic E-state index is 0.0914. The van der Waals surface area contributed by atoms with Crippen molar-refractivity contribution in [3.63, 3.8) is 0 Å². The van der Waals surface area contributed by atoms with Gasteiger partial charge in [0.25, 0.3) is 5.56 Å². The Balaban J connectivity index is 1.36. The molecule has 0 unspecified atom stereocenters. The van der Waals surface area contributed by atoms with Crippen molar-refractivity contribution in [2.75, 3.05) is 25.4 Å². The molecule has 2 aliphatic heterocycles. The maximum Gasteiger partial charge on any atom is 0.267 e. The summed E-state index contributed by atoms with van der Waals surface area (Å²) in [4.78, 5) is 14.7. The SMILES string of the molecule is O=c1cc2c(nn1CC1CN(CC3CCC3)C1)CCSC2. The molecule has 0 amide bonds. The van der Waals surface area contributed by atoms with Crippen LogP contribution in [0, 0.1) is 11.8 Å². The average molecular weight is 305 g/mol. The predicted molar refractivity (Wildman–Crippen MR) is 85.6 cm³/mol. The Morgan fingerprint density at radius 2 is 2.10 bits per heavy atom. The lowest BCUT2D eigenvalue weighted by Crippen LogP contribution is -2.51. The molecule has 0 atom stereocenters. The number of hydrogen-bond donors (Lipinski definition) is 0. The Hall–Kier alpha value is -0.810. The third-order valence-electron chi connectivity index (χ3n) is 5.11. The van der Waals surface area contributed by atoms with Crippen molar-refractivity contribution in [1.82, 2.24) is 14.7 Å². The lowest BCUT2D eigenvalue weighted by molar-refractivity contribution is 0.0519. The molecule has 3 heterocycles. The number of likely N-dealkylation sites (tertiary alicyclic amines) is 1. The molecule has 4 rings (SSSR count). The van der Waals surface area contributed by atoms with Crippen LogP contribution in [0.3, 0.4) is 0 Å². The molecule has 4 nitrogen and oxygen atoms in total. The number of fused-ring (bicyclic) bond motifs is 1. The molecule has 1 saturated heterocycles. The van der Waals surface area contributed by atoms with Crippen LogP contribution in [0.1, 0.15) is 30.5 Å². The summed E-state index contributed by atoms with van der Waals surface area (Å²) in [7, 11) is 0. The molecule has 0 aromatic carbocycles. The first-order valence-electron chi connectivity index (χ1n) is 8.18. The van der Waals surface area contributed by atoms with E-state index in [2.05, 4.69) is 10.00 Å². The first kappa shape index (κ1) is 13.8. The van der Waals surface area contributed by atoms with Crippen LogP contribution in [0.25, 0.3) is 0 Å². The van der Waals surface area contributed by atoms with E-state index in [0.717, 1.165) is 54.7 Å². The zero-order chi connectivity index (χ0) is 14.2. The Bertz CT molecular complexity index is 575. The second kappa shape index (κ2) is 5.76. The molecule has 1 aromatic rings. The Labute approximate surface area is 129 Å². The molecule has 114 valence electrons. The molecule has 2 fully saturated rings. The lowest BCUT2D eigenvalue weighted by atomic mass is 9.84. The highest BCUT2D eigenvalue weighted by Gasteiger charge is 2.31. The van der Waals surface area contributed by atoms with Gasteiger partial charge in [-0.25, -0.2) is 4.68 Å². The zero-order valence-electron chi connectivity index (χ0n) is 12.5. The smallest absolute Gasteiger partial charge is 0.267 e. The molecule has 1 aromatic heterocycles. The molecule has 0 spiro atoms. The van der Waals surface area contributed by atoms with Crippen LogP contribution in [-0.4, -0.2) is 40.1 Å². The normalized spacial score (nSPS) is 23.4. The summed E-state index contributed by atoms with van der Waals surface area (Å²) in [5.41, 5.74) is 2.40. The monoisotopic (exact) mass is 305 g/mol. The summed E-state index contributed by atoms with van der Waals surface area (Å²) < 4.78 is 1.72. The van der Waals surface area contributed by atoms with Gasteiger partial charge in [0.2, 0.25) is 0 Å². The van der Waals surface area contributed by atoms with Crippen molar-refractivity contribution in [1.29, 1.82) is 0 Å². The van der Waals surface area contributed by atoms with Gasteiger partial charge in [-0.15, -0.1) is 0 Å². The van der Waals surface area contributed by atoms with Crippen LogP contribution >= 0.6 is 11.8 Å². The van der Waals surface area contributed by atoms with E-state index >= 15 is 0 Å². The van der Waals surface area contributed by atoms with Crippen molar-refractivity contribution in [2.24, 2.45) is 11.8 Å². The fourth-order valence-electron chi connectivity index (χ4n) is 3.61. The number of aromatic nitrogens is 2. The van der Waals surface area contributed by atoms with Crippen LogP contribution in [0.2, 0.25) is 0 Å². The van der Waals surface area contributed by atoms with Crippen LogP contribution in [0.15, 0.2) is 10.9 Å². The standard InChI is InChI=1S/C16H23N3OS/c20-16-6-14-11-21-5-4-15(14)17-19(16)10-13-8-18(9-13)7-12-2-1-3-12/h6,12-13H,1-5,7-11H2. The molecular weight excluding hydrogens is 282 g/mol. The highest BCUT2D eigenvalue weighted by molar-refractivity contribution is 7.98. The molecule has 0 radical (unpaired) electrons. The van der Waals surface area contributed by atoms with Crippen LogP contribution in [0.5, 0.6) is 0 Å². The summed E-state index contributed by atoms with van der Waals surface area (Å²) in [5.74, 6) is 3.66. The Morgan fingerprint density at radius 3 is 2.86 bits per heavy atom. The Kier molecular flexibility index (Phi) is 3.79. The van der Waals surface area contributed by atoms with E-state index in [9.17, 15) is 4.79 Å².